The molecule has 7 aromatic carbocycles. The topological polar surface area (TPSA) is 9.86 Å². The van der Waals surface area contributed by atoms with E-state index in [-0.39, 0.29) is 7.43 Å². The summed E-state index contributed by atoms with van der Waals surface area (Å²) in [6.45, 7) is 1.62. The Bertz CT molecular complexity index is 2140. The van der Waals surface area contributed by atoms with E-state index in [1.54, 1.807) is 0 Å². The summed E-state index contributed by atoms with van der Waals surface area (Å²) >= 11 is 0. The van der Waals surface area contributed by atoms with Crippen molar-refractivity contribution in [2.75, 3.05) is 0 Å². The van der Waals surface area contributed by atoms with Gasteiger partial charge in [-0.25, -0.2) is 0 Å². The lowest BCUT2D eigenvalue weighted by Gasteiger charge is -2.19. The first-order valence-corrected chi connectivity index (χ1v) is 14.7. The van der Waals surface area contributed by atoms with Gasteiger partial charge in [-0.15, -0.1) is 0 Å². The molecule has 0 saturated carbocycles. The van der Waals surface area contributed by atoms with Gasteiger partial charge in [0.1, 0.15) is 0 Å². The lowest BCUT2D eigenvalue weighted by molar-refractivity contribution is 0.873. The highest BCUT2D eigenvalue weighted by Crippen LogP contribution is 2.38. The summed E-state index contributed by atoms with van der Waals surface area (Å²) in [4.78, 5) is 0. The fourth-order valence-electron chi connectivity index (χ4n) is 7.31. The summed E-state index contributed by atoms with van der Waals surface area (Å²) < 4.78 is 5.01. The second-order valence-corrected chi connectivity index (χ2v) is 11.3. The smallest absolute Gasteiger partial charge is 0.0494 e. The molecule has 0 spiro atoms. The quantitative estimate of drug-likeness (QED) is 0.192. The Balaban J connectivity index is 0.00000278. The molecule has 2 heteroatoms. The maximum absolute atomic E-state index is 2.51. The summed E-state index contributed by atoms with van der Waals surface area (Å²) in [5.41, 5.74) is 7.86. The lowest BCUT2D eigenvalue weighted by atomic mass is 9.91. The molecular weight excluding hydrogens is 520 g/mol. The Labute approximate surface area is 251 Å². The maximum Gasteiger partial charge on any atom is 0.0494 e. The van der Waals surface area contributed by atoms with Crippen LogP contribution < -0.4 is 0 Å². The molecule has 0 fully saturated rings. The molecule has 0 amide bonds. The predicted octanol–water partition coefficient (Wildman–Crippen LogP) is 10.9. The van der Waals surface area contributed by atoms with Crippen LogP contribution in [0.3, 0.4) is 0 Å². The second-order valence-electron chi connectivity index (χ2n) is 11.3. The average molecular weight is 553 g/mol. The highest BCUT2D eigenvalue weighted by atomic mass is 15.0. The molecule has 9 rings (SSSR count). The molecule has 9 aromatic rings. The largest absolute Gasteiger partial charge is 0.336 e. The molecule has 0 aliphatic carbocycles. The van der Waals surface area contributed by atoms with Crippen molar-refractivity contribution in [3.63, 3.8) is 0 Å². The van der Waals surface area contributed by atoms with Gasteiger partial charge in [0.2, 0.25) is 0 Å². The van der Waals surface area contributed by atoms with Crippen LogP contribution in [0.15, 0.2) is 146 Å². The third-order valence-corrected chi connectivity index (χ3v) is 9.15. The van der Waals surface area contributed by atoms with Crippen LogP contribution >= 0.6 is 0 Å². The van der Waals surface area contributed by atoms with Crippen molar-refractivity contribution < 1.29 is 0 Å². The van der Waals surface area contributed by atoms with E-state index in [9.17, 15) is 0 Å². The normalized spacial score (nSPS) is 11.7. The summed E-state index contributed by atoms with van der Waals surface area (Å²) in [7, 11) is 0. The number of hydrogen-bond donors (Lipinski definition) is 0. The first-order chi connectivity index (χ1) is 20.9. The first-order valence-electron chi connectivity index (χ1n) is 14.7. The highest BCUT2D eigenvalue weighted by Gasteiger charge is 2.18. The van der Waals surface area contributed by atoms with E-state index in [1.165, 1.54) is 76.3 Å². The molecule has 2 aromatic heterocycles. The van der Waals surface area contributed by atoms with Crippen molar-refractivity contribution in [2.24, 2.45) is 0 Å². The SMILES string of the molecule is C.c1ccc2c(Cn3c4ccccc4c4ccccc43)c3ccccc3c(Cn3c4ccccc4c4ccccc43)c2c1. The van der Waals surface area contributed by atoms with Gasteiger partial charge in [0.25, 0.3) is 0 Å². The summed E-state index contributed by atoms with van der Waals surface area (Å²) in [5.74, 6) is 0. The van der Waals surface area contributed by atoms with Crippen LogP contribution in [0.5, 0.6) is 0 Å². The fourth-order valence-corrected chi connectivity index (χ4v) is 7.31. The molecular formula is C41H32N2. The first kappa shape index (κ1) is 25.4. The molecule has 0 bridgehead atoms. The Morgan fingerprint density at radius 1 is 0.279 bits per heavy atom. The summed E-state index contributed by atoms with van der Waals surface area (Å²) in [5, 5.41) is 10.6. The number of aromatic nitrogens is 2. The van der Waals surface area contributed by atoms with Crippen LogP contribution in [-0.4, -0.2) is 9.13 Å². The Morgan fingerprint density at radius 2 is 0.488 bits per heavy atom. The molecule has 43 heavy (non-hydrogen) atoms. The zero-order valence-electron chi connectivity index (χ0n) is 23.2. The van der Waals surface area contributed by atoms with Gasteiger partial charge in [0.15, 0.2) is 0 Å². The monoisotopic (exact) mass is 552 g/mol. The van der Waals surface area contributed by atoms with E-state index < -0.39 is 0 Å². The van der Waals surface area contributed by atoms with Gasteiger partial charge in [-0.3, -0.25) is 0 Å². The van der Waals surface area contributed by atoms with Gasteiger partial charge in [-0.1, -0.05) is 129 Å². The van der Waals surface area contributed by atoms with Gasteiger partial charge in [0.05, 0.1) is 0 Å². The number of benzene rings is 7. The van der Waals surface area contributed by atoms with Crippen molar-refractivity contribution in [3.8, 4) is 0 Å². The summed E-state index contributed by atoms with van der Waals surface area (Å²) in [6, 6.07) is 53.3. The minimum Gasteiger partial charge on any atom is -0.336 e. The van der Waals surface area contributed by atoms with Crippen LogP contribution in [0.1, 0.15) is 18.6 Å². The van der Waals surface area contributed by atoms with Gasteiger partial charge in [0, 0.05) is 56.7 Å². The van der Waals surface area contributed by atoms with E-state index >= 15 is 0 Å². The van der Waals surface area contributed by atoms with Crippen molar-refractivity contribution in [1.82, 2.24) is 9.13 Å². The van der Waals surface area contributed by atoms with Crippen molar-refractivity contribution >= 4 is 65.2 Å². The van der Waals surface area contributed by atoms with E-state index in [4.69, 9.17) is 0 Å². The molecule has 2 heterocycles. The average Bonchev–Trinajstić information content (AvgIpc) is 3.55. The molecule has 2 nitrogen and oxygen atoms in total. The number of nitrogens with zero attached hydrogens (tertiary/aromatic N) is 2. The van der Waals surface area contributed by atoms with Crippen LogP contribution in [0.4, 0.5) is 0 Å². The highest BCUT2D eigenvalue weighted by molar-refractivity contribution is 6.11. The second kappa shape index (κ2) is 9.89. The van der Waals surface area contributed by atoms with Crippen molar-refractivity contribution in [1.29, 1.82) is 0 Å². The van der Waals surface area contributed by atoms with E-state index in [2.05, 4.69) is 155 Å². The van der Waals surface area contributed by atoms with Crippen molar-refractivity contribution in [3.05, 3.63) is 157 Å². The van der Waals surface area contributed by atoms with Gasteiger partial charge < -0.3 is 9.13 Å². The minimum atomic E-state index is 0. The third kappa shape index (κ3) is 3.73. The van der Waals surface area contributed by atoms with E-state index in [0.717, 1.165) is 13.1 Å². The molecule has 0 aliphatic rings. The number of para-hydroxylation sites is 4. The van der Waals surface area contributed by atoms with Crippen LogP contribution in [0.2, 0.25) is 0 Å². The maximum atomic E-state index is 2.51. The van der Waals surface area contributed by atoms with Gasteiger partial charge >= 0.3 is 0 Å². The molecule has 0 aliphatic heterocycles. The van der Waals surface area contributed by atoms with Crippen LogP contribution in [0.25, 0.3) is 65.2 Å². The fraction of sp³-hybridized carbons (Fsp3) is 0.0732. The number of hydrogen-bond acceptors (Lipinski definition) is 0. The van der Waals surface area contributed by atoms with E-state index in [1.807, 2.05) is 0 Å². The predicted molar refractivity (Wildman–Crippen MR) is 185 cm³/mol. The Morgan fingerprint density at radius 3 is 0.744 bits per heavy atom. The zero-order chi connectivity index (χ0) is 27.6. The Hall–Kier alpha value is -5.34. The molecule has 0 atom stereocenters. The standard InChI is InChI=1S/C40H28N2.CH4/c1-2-14-28-27(13-1)35(25-41-37-21-9-5-17-31(37)32-18-6-10-22-38(32)41)29-15-3-4-16-30(29)36(28)26-42-39-23-11-7-19-33(39)34-20-8-12-24-40(34)42;/h1-24H,25-26H2;1H4. The minimum absolute atomic E-state index is 0. The van der Waals surface area contributed by atoms with Gasteiger partial charge in [-0.05, 0) is 56.9 Å². The molecule has 206 valence electrons. The third-order valence-electron chi connectivity index (χ3n) is 9.15. The van der Waals surface area contributed by atoms with E-state index in [0.29, 0.717) is 0 Å². The zero-order valence-corrected chi connectivity index (χ0v) is 23.2. The molecule has 0 N–H and O–H groups in total. The number of rotatable bonds is 4. The lowest BCUT2D eigenvalue weighted by Crippen LogP contribution is -2.05. The number of fused-ring (bicyclic) bond motifs is 8. The Kier molecular flexibility index (Phi) is 5.84. The molecule has 0 radical (unpaired) electrons. The van der Waals surface area contributed by atoms with Gasteiger partial charge in [-0.2, -0.15) is 0 Å². The van der Waals surface area contributed by atoms with Crippen LogP contribution in [0, 0.1) is 0 Å². The summed E-state index contributed by atoms with van der Waals surface area (Å²) in [6.07, 6.45) is 0. The van der Waals surface area contributed by atoms with Crippen molar-refractivity contribution in [2.45, 2.75) is 20.5 Å². The van der Waals surface area contributed by atoms with Crippen LogP contribution in [-0.2, 0) is 13.1 Å². The molecule has 0 unspecified atom stereocenters. The molecule has 0 saturated heterocycles.